The maximum absolute atomic E-state index is 4.53. The number of rotatable bonds is 4. The van der Waals surface area contributed by atoms with Gasteiger partial charge >= 0.3 is 0 Å². The fourth-order valence-electron chi connectivity index (χ4n) is 3.37. The van der Waals surface area contributed by atoms with E-state index in [2.05, 4.69) is 49.5 Å². The number of nitrogens with one attached hydrogen (secondary N) is 2. The van der Waals surface area contributed by atoms with Crippen LogP contribution in [0.25, 0.3) is 10.6 Å². The summed E-state index contributed by atoms with van der Waals surface area (Å²) in [6, 6.07) is 4.23. The first-order valence-electron chi connectivity index (χ1n) is 8.09. The summed E-state index contributed by atoms with van der Waals surface area (Å²) in [4.78, 5) is 11.7. The maximum atomic E-state index is 4.53. The number of imidazole rings is 1. The average molecular weight is 327 g/mol. The summed E-state index contributed by atoms with van der Waals surface area (Å²) in [5, 5.41) is 9.53. The number of hydrogen-bond acceptors (Lipinski definition) is 4. The van der Waals surface area contributed by atoms with Gasteiger partial charge in [0.05, 0.1) is 16.8 Å². The van der Waals surface area contributed by atoms with Gasteiger partial charge in [-0.05, 0) is 37.8 Å². The van der Waals surface area contributed by atoms with Crippen LogP contribution in [0.4, 0.5) is 0 Å². The van der Waals surface area contributed by atoms with Crippen LogP contribution in [0.15, 0.2) is 29.9 Å². The van der Waals surface area contributed by atoms with Crippen LogP contribution >= 0.6 is 11.3 Å². The number of aromatic nitrogens is 4. The molecule has 1 aliphatic rings. The molecule has 3 aromatic rings. The first-order valence-corrected chi connectivity index (χ1v) is 8.97. The predicted molar refractivity (Wildman–Crippen MR) is 92.5 cm³/mol. The highest BCUT2D eigenvalue weighted by Crippen LogP contribution is 2.29. The van der Waals surface area contributed by atoms with Crippen LogP contribution in [0.2, 0.25) is 0 Å². The minimum atomic E-state index is 0.509. The van der Waals surface area contributed by atoms with Gasteiger partial charge in [0.2, 0.25) is 0 Å². The molecule has 2 N–H and O–H groups in total. The third-order valence-electron chi connectivity index (χ3n) is 4.49. The van der Waals surface area contributed by atoms with Gasteiger partial charge in [-0.3, -0.25) is 10.00 Å². The largest absolute Gasteiger partial charge is 0.346 e. The van der Waals surface area contributed by atoms with Crippen LogP contribution in [0.5, 0.6) is 0 Å². The van der Waals surface area contributed by atoms with Crippen molar-refractivity contribution in [1.29, 1.82) is 0 Å². The molecule has 5 nitrogen and oxygen atoms in total. The first kappa shape index (κ1) is 14.7. The second kappa shape index (κ2) is 6.29. The quantitative estimate of drug-likeness (QED) is 0.770. The highest BCUT2D eigenvalue weighted by molar-refractivity contribution is 7.13. The molecular weight excluding hydrogens is 306 g/mol. The van der Waals surface area contributed by atoms with E-state index in [9.17, 15) is 0 Å². The third-order valence-corrected chi connectivity index (χ3v) is 5.38. The molecule has 0 aromatic carbocycles. The Kier molecular flexibility index (Phi) is 4.01. The number of H-pyrrole nitrogens is 2. The number of thiophene rings is 1. The lowest BCUT2D eigenvalue weighted by atomic mass is 9.97. The summed E-state index contributed by atoms with van der Waals surface area (Å²) >= 11 is 1.75. The molecule has 1 saturated heterocycles. The Labute approximate surface area is 139 Å². The van der Waals surface area contributed by atoms with Crippen molar-refractivity contribution in [2.45, 2.75) is 32.2 Å². The highest BCUT2D eigenvalue weighted by Gasteiger charge is 2.24. The minimum Gasteiger partial charge on any atom is -0.346 e. The Hall–Kier alpha value is -1.92. The van der Waals surface area contributed by atoms with Crippen LogP contribution in [-0.2, 0) is 6.54 Å². The van der Waals surface area contributed by atoms with Gasteiger partial charge in [-0.2, -0.15) is 5.10 Å². The predicted octanol–water partition coefficient (Wildman–Crippen LogP) is 3.55. The molecule has 0 spiro atoms. The summed E-state index contributed by atoms with van der Waals surface area (Å²) in [7, 11) is 0. The summed E-state index contributed by atoms with van der Waals surface area (Å²) < 4.78 is 0. The number of nitrogens with zero attached hydrogens (tertiary/aromatic N) is 3. The van der Waals surface area contributed by atoms with Crippen molar-refractivity contribution in [2.24, 2.45) is 0 Å². The molecule has 6 heteroatoms. The van der Waals surface area contributed by atoms with Crippen LogP contribution in [0.3, 0.4) is 0 Å². The van der Waals surface area contributed by atoms with E-state index in [1.165, 1.54) is 23.3 Å². The fourth-order valence-corrected chi connectivity index (χ4v) is 4.12. The van der Waals surface area contributed by atoms with Crippen molar-refractivity contribution in [3.05, 3.63) is 47.0 Å². The Morgan fingerprint density at radius 1 is 1.39 bits per heavy atom. The minimum absolute atomic E-state index is 0.509. The van der Waals surface area contributed by atoms with Gasteiger partial charge in [0.25, 0.3) is 0 Å². The number of aryl methyl sites for hydroxylation is 1. The topological polar surface area (TPSA) is 60.6 Å². The second-order valence-corrected chi connectivity index (χ2v) is 7.22. The van der Waals surface area contributed by atoms with Crippen LogP contribution in [-0.4, -0.2) is 38.2 Å². The normalized spacial score (nSPS) is 19.3. The van der Waals surface area contributed by atoms with Gasteiger partial charge in [-0.15, -0.1) is 11.3 Å². The lowest BCUT2D eigenvalue weighted by Crippen LogP contribution is -2.34. The zero-order valence-corrected chi connectivity index (χ0v) is 14.1. The van der Waals surface area contributed by atoms with E-state index in [1.54, 1.807) is 11.3 Å². The van der Waals surface area contributed by atoms with Crippen molar-refractivity contribution >= 4 is 11.3 Å². The van der Waals surface area contributed by atoms with Crippen molar-refractivity contribution in [1.82, 2.24) is 25.1 Å². The molecule has 3 aromatic heterocycles. The Morgan fingerprint density at radius 2 is 2.35 bits per heavy atom. The molecule has 4 heterocycles. The molecule has 1 aliphatic heterocycles. The summed E-state index contributed by atoms with van der Waals surface area (Å²) in [5.41, 5.74) is 3.59. The average Bonchev–Trinajstić information content (AvgIpc) is 3.28. The Bertz CT molecular complexity index is 758. The van der Waals surface area contributed by atoms with E-state index in [1.807, 2.05) is 12.4 Å². The van der Waals surface area contributed by atoms with Crippen LogP contribution < -0.4 is 0 Å². The molecule has 4 rings (SSSR count). The fraction of sp³-hybridized carbons (Fsp3) is 0.412. The molecule has 0 amide bonds. The summed E-state index contributed by atoms with van der Waals surface area (Å²) in [6.07, 6.45) is 6.33. The number of hydrogen-bond donors (Lipinski definition) is 2. The molecule has 0 radical (unpaired) electrons. The molecule has 120 valence electrons. The second-order valence-electron chi connectivity index (χ2n) is 6.27. The summed E-state index contributed by atoms with van der Waals surface area (Å²) in [6.45, 7) is 5.21. The first-order chi connectivity index (χ1) is 11.3. The molecule has 0 bridgehead atoms. The smallest absolute Gasteiger partial charge is 0.110 e. The van der Waals surface area contributed by atoms with Crippen molar-refractivity contribution in [3.63, 3.8) is 0 Å². The van der Waals surface area contributed by atoms with Crippen LogP contribution in [0, 0.1) is 6.92 Å². The van der Waals surface area contributed by atoms with Gasteiger partial charge in [-0.25, -0.2) is 4.98 Å². The van der Waals surface area contributed by atoms with E-state index in [0.29, 0.717) is 5.92 Å². The lowest BCUT2D eigenvalue weighted by molar-refractivity contribution is 0.197. The van der Waals surface area contributed by atoms with Gasteiger partial charge in [0.1, 0.15) is 5.82 Å². The zero-order chi connectivity index (χ0) is 15.6. The zero-order valence-electron chi connectivity index (χ0n) is 13.2. The van der Waals surface area contributed by atoms with Gasteiger partial charge in [0.15, 0.2) is 0 Å². The number of likely N-dealkylation sites (tertiary alicyclic amines) is 1. The maximum Gasteiger partial charge on any atom is 0.110 e. The van der Waals surface area contributed by atoms with E-state index < -0.39 is 0 Å². The van der Waals surface area contributed by atoms with Gasteiger partial charge in [-0.1, -0.05) is 6.07 Å². The monoisotopic (exact) mass is 327 g/mol. The summed E-state index contributed by atoms with van der Waals surface area (Å²) in [5.74, 6) is 1.65. The lowest BCUT2D eigenvalue weighted by Gasteiger charge is -2.31. The van der Waals surface area contributed by atoms with Crippen molar-refractivity contribution in [3.8, 4) is 10.6 Å². The molecular formula is C17H21N5S. The number of piperidine rings is 1. The third kappa shape index (κ3) is 3.09. The van der Waals surface area contributed by atoms with Gasteiger partial charge < -0.3 is 4.98 Å². The SMILES string of the molecule is Cc1cnc(C2CCCN(Cc3cn[nH]c3-c3cccs3)C2)[nH]1. The molecule has 23 heavy (non-hydrogen) atoms. The molecule has 1 unspecified atom stereocenters. The highest BCUT2D eigenvalue weighted by atomic mass is 32.1. The van der Waals surface area contributed by atoms with Crippen molar-refractivity contribution in [2.75, 3.05) is 13.1 Å². The van der Waals surface area contributed by atoms with Crippen molar-refractivity contribution < 1.29 is 0 Å². The van der Waals surface area contributed by atoms with E-state index in [0.717, 1.165) is 36.8 Å². The van der Waals surface area contributed by atoms with E-state index in [-0.39, 0.29) is 0 Å². The molecule has 1 fully saturated rings. The standard InChI is InChI=1S/C17H21N5S/c1-12-8-18-17(20-12)13-4-2-6-22(10-13)11-14-9-19-21-16(14)15-5-3-7-23-15/h3,5,7-9,13H,2,4,6,10-11H2,1H3,(H,18,20)(H,19,21). The Morgan fingerprint density at radius 3 is 3.13 bits per heavy atom. The van der Waals surface area contributed by atoms with E-state index in [4.69, 9.17) is 0 Å². The van der Waals surface area contributed by atoms with Gasteiger partial charge in [0, 0.05) is 36.5 Å². The molecule has 1 atom stereocenters. The van der Waals surface area contributed by atoms with E-state index >= 15 is 0 Å². The Balaban J connectivity index is 1.48. The number of aromatic amines is 2. The molecule has 0 aliphatic carbocycles. The van der Waals surface area contributed by atoms with Crippen LogP contribution in [0.1, 0.15) is 35.8 Å². The molecule has 0 saturated carbocycles.